The molecule has 1 rings (SSSR count). The summed E-state index contributed by atoms with van der Waals surface area (Å²) in [6.07, 6.45) is -1.91. The molecule has 0 radical (unpaired) electrons. The summed E-state index contributed by atoms with van der Waals surface area (Å²) < 4.78 is 49.3. The second kappa shape index (κ2) is 5.77. The summed E-state index contributed by atoms with van der Waals surface area (Å²) in [6.45, 7) is 0.769. The van der Waals surface area contributed by atoms with Crippen molar-refractivity contribution in [3.05, 3.63) is 29.8 Å². The first-order valence-electron chi connectivity index (χ1n) is 5.84. The number of rotatable bonds is 5. The van der Waals surface area contributed by atoms with Crippen LogP contribution in [-0.4, -0.2) is 6.61 Å². The van der Waals surface area contributed by atoms with Crippen LogP contribution in [0.25, 0.3) is 0 Å². The van der Waals surface area contributed by atoms with Gasteiger partial charge in [-0.05, 0) is 24.6 Å². The van der Waals surface area contributed by atoms with Crippen molar-refractivity contribution < 1.29 is 19.3 Å². The molecule has 0 heterocycles. The van der Waals surface area contributed by atoms with Crippen molar-refractivity contribution >= 4 is 0 Å². The standard InChI is InChI=1S/C12H15F3O/c1-2-3-4-8-16-11-7-5-6-10(9-11)12(13,14)15/h5-7,9H,2-4,8H2,1H3/i1D. The Morgan fingerprint density at radius 3 is 2.81 bits per heavy atom. The van der Waals surface area contributed by atoms with Crippen LogP contribution in [0.2, 0.25) is 0 Å². The fourth-order valence-electron chi connectivity index (χ4n) is 1.23. The molecule has 0 aliphatic carbocycles. The largest absolute Gasteiger partial charge is 0.494 e. The molecule has 4 heteroatoms. The van der Waals surface area contributed by atoms with Crippen LogP contribution in [0, 0.1) is 0 Å². The number of benzene rings is 1. The first kappa shape index (κ1) is 11.3. The lowest BCUT2D eigenvalue weighted by Crippen LogP contribution is -2.05. The number of hydrogen-bond acceptors (Lipinski definition) is 1. The third-order valence-corrected chi connectivity index (χ3v) is 2.07. The molecule has 0 amide bonds. The Labute approximate surface area is 94.6 Å². The van der Waals surface area contributed by atoms with E-state index in [1.807, 2.05) is 0 Å². The topological polar surface area (TPSA) is 9.23 Å². The maximum absolute atomic E-state index is 12.4. The molecule has 90 valence electrons. The molecule has 1 aromatic carbocycles. The molecule has 0 aliphatic rings. The average Bonchev–Trinajstić information content (AvgIpc) is 2.28. The highest BCUT2D eigenvalue weighted by Gasteiger charge is 2.30. The molecule has 1 aromatic rings. The fraction of sp³-hybridized carbons (Fsp3) is 0.500. The molecule has 0 saturated carbocycles. The van der Waals surface area contributed by atoms with E-state index in [2.05, 4.69) is 0 Å². The Hall–Kier alpha value is -1.19. The average molecular weight is 233 g/mol. The quantitative estimate of drug-likeness (QED) is 0.690. The summed E-state index contributed by atoms with van der Waals surface area (Å²) >= 11 is 0. The van der Waals surface area contributed by atoms with Gasteiger partial charge in [-0.3, -0.25) is 0 Å². The van der Waals surface area contributed by atoms with Crippen LogP contribution in [0.4, 0.5) is 13.2 Å². The Kier molecular flexibility index (Phi) is 4.08. The number of hydrogen-bond donors (Lipinski definition) is 0. The summed E-state index contributed by atoms with van der Waals surface area (Å²) in [6, 6.07) is 4.87. The number of alkyl halides is 3. The summed E-state index contributed by atoms with van der Waals surface area (Å²) in [5.41, 5.74) is -0.693. The zero-order chi connectivity index (χ0) is 12.7. The molecule has 0 aromatic heterocycles. The van der Waals surface area contributed by atoms with E-state index in [0.29, 0.717) is 13.5 Å². The predicted octanol–water partition coefficient (Wildman–Crippen LogP) is 4.27. The second-order valence-electron chi connectivity index (χ2n) is 3.43. The van der Waals surface area contributed by atoms with Gasteiger partial charge >= 0.3 is 6.18 Å². The fourth-order valence-corrected chi connectivity index (χ4v) is 1.23. The van der Waals surface area contributed by atoms with E-state index in [1.165, 1.54) is 12.1 Å². The Morgan fingerprint density at radius 2 is 2.12 bits per heavy atom. The molecular formula is C12H15F3O. The third kappa shape index (κ3) is 4.13. The molecular weight excluding hydrogens is 217 g/mol. The van der Waals surface area contributed by atoms with E-state index in [4.69, 9.17) is 6.11 Å². The highest BCUT2D eigenvalue weighted by Crippen LogP contribution is 2.31. The minimum Gasteiger partial charge on any atom is -0.494 e. The summed E-state index contributed by atoms with van der Waals surface area (Å²) in [5.74, 6) is 0.241. The van der Waals surface area contributed by atoms with Crippen LogP contribution in [0.3, 0.4) is 0 Å². The summed E-state index contributed by atoms with van der Waals surface area (Å²) in [7, 11) is 0. The second-order valence-corrected chi connectivity index (χ2v) is 3.43. The maximum atomic E-state index is 12.4. The smallest absolute Gasteiger partial charge is 0.416 e. The van der Waals surface area contributed by atoms with E-state index < -0.39 is 11.7 Å². The van der Waals surface area contributed by atoms with E-state index in [-0.39, 0.29) is 5.75 Å². The Morgan fingerprint density at radius 1 is 1.31 bits per heavy atom. The van der Waals surface area contributed by atoms with Gasteiger partial charge in [-0.25, -0.2) is 0 Å². The van der Waals surface area contributed by atoms with Gasteiger partial charge in [-0.2, -0.15) is 13.2 Å². The lowest BCUT2D eigenvalue weighted by atomic mass is 10.2. The van der Waals surface area contributed by atoms with Crippen molar-refractivity contribution in [2.24, 2.45) is 0 Å². The van der Waals surface area contributed by atoms with Gasteiger partial charge in [0.2, 0.25) is 0 Å². The number of ether oxygens (including phenoxy) is 1. The van der Waals surface area contributed by atoms with Gasteiger partial charge in [-0.1, -0.05) is 25.8 Å². The molecule has 0 fully saturated rings. The molecule has 0 aliphatic heterocycles. The van der Waals surface area contributed by atoms with Gasteiger partial charge < -0.3 is 4.74 Å². The first-order valence-corrected chi connectivity index (χ1v) is 5.13. The molecule has 0 unspecified atom stereocenters. The maximum Gasteiger partial charge on any atom is 0.416 e. The van der Waals surface area contributed by atoms with Crippen LogP contribution < -0.4 is 4.74 Å². The lowest BCUT2D eigenvalue weighted by molar-refractivity contribution is -0.137. The minimum absolute atomic E-state index is 0.241. The molecule has 1 nitrogen and oxygen atoms in total. The van der Waals surface area contributed by atoms with Crippen molar-refractivity contribution in [1.82, 2.24) is 0 Å². The van der Waals surface area contributed by atoms with E-state index in [1.54, 1.807) is 0 Å². The summed E-state index contributed by atoms with van der Waals surface area (Å²) in [4.78, 5) is 0. The van der Waals surface area contributed by atoms with Crippen molar-refractivity contribution in [2.75, 3.05) is 6.61 Å². The van der Waals surface area contributed by atoms with Crippen molar-refractivity contribution in [2.45, 2.75) is 32.3 Å². The molecule has 0 spiro atoms. The molecule has 16 heavy (non-hydrogen) atoms. The highest BCUT2D eigenvalue weighted by atomic mass is 19.4. The van der Waals surface area contributed by atoms with Gasteiger partial charge in [0.1, 0.15) is 5.75 Å². The summed E-state index contributed by atoms with van der Waals surface area (Å²) in [5, 5.41) is 0. The molecule has 0 atom stereocenters. The van der Waals surface area contributed by atoms with Gasteiger partial charge in [0, 0.05) is 1.37 Å². The van der Waals surface area contributed by atoms with Crippen LogP contribution >= 0.6 is 0 Å². The number of halogens is 3. The van der Waals surface area contributed by atoms with Gasteiger partial charge in [0.15, 0.2) is 0 Å². The van der Waals surface area contributed by atoms with Gasteiger partial charge in [-0.15, -0.1) is 0 Å². The molecule has 0 N–H and O–H groups in total. The monoisotopic (exact) mass is 233 g/mol. The Balaban J connectivity index is 2.44. The van der Waals surface area contributed by atoms with Crippen molar-refractivity contribution in [3.8, 4) is 5.75 Å². The van der Waals surface area contributed by atoms with E-state index in [9.17, 15) is 13.2 Å². The first-order chi connectivity index (χ1) is 8.04. The van der Waals surface area contributed by atoms with Crippen LogP contribution in [0.15, 0.2) is 24.3 Å². The molecule has 0 saturated heterocycles. The van der Waals surface area contributed by atoms with Crippen LogP contribution in [-0.2, 0) is 6.18 Å². The highest BCUT2D eigenvalue weighted by molar-refractivity contribution is 5.30. The zero-order valence-electron chi connectivity index (χ0n) is 9.89. The van der Waals surface area contributed by atoms with Gasteiger partial charge in [0.05, 0.1) is 12.2 Å². The van der Waals surface area contributed by atoms with Crippen molar-refractivity contribution in [1.29, 1.82) is 0 Å². The third-order valence-electron chi connectivity index (χ3n) is 2.07. The van der Waals surface area contributed by atoms with E-state index in [0.717, 1.165) is 31.4 Å². The Bertz CT molecular complexity index is 339. The zero-order valence-corrected chi connectivity index (χ0v) is 8.89. The van der Waals surface area contributed by atoms with E-state index >= 15 is 0 Å². The molecule has 0 bridgehead atoms. The SMILES string of the molecule is [2H]CCCCCOc1cccc(C(F)(F)F)c1. The lowest BCUT2D eigenvalue weighted by Gasteiger charge is -2.09. The van der Waals surface area contributed by atoms with Crippen molar-refractivity contribution in [3.63, 3.8) is 0 Å². The van der Waals surface area contributed by atoms with Crippen LogP contribution in [0.1, 0.15) is 33.1 Å². The minimum atomic E-state index is -4.33. The van der Waals surface area contributed by atoms with Crippen LogP contribution in [0.5, 0.6) is 5.75 Å². The van der Waals surface area contributed by atoms with Gasteiger partial charge in [0.25, 0.3) is 0 Å². The predicted molar refractivity (Wildman–Crippen MR) is 56.5 cm³/mol. The normalized spacial score (nSPS) is 12.3. The number of unbranched alkanes of at least 4 members (excludes halogenated alkanes) is 2.